The summed E-state index contributed by atoms with van der Waals surface area (Å²) in [6, 6.07) is 15.5. The van der Waals surface area contributed by atoms with Crippen molar-refractivity contribution in [3.05, 3.63) is 82.9 Å². The Balaban J connectivity index is 1.21. The number of alkyl halides is 2. The summed E-state index contributed by atoms with van der Waals surface area (Å²) in [5.74, 6) is 2.84. The molecule has 4 rings (SSSR count). The van der Waals surface area contributed by atoms with Gasteiger partial charge in [0.25, 0.3) is 0 Å². The third-order valence-corrected chi connectivity index (χ3v) is 9.09. The number of benzene rings is 2. The number of hydrogen-bond acceptors (Lipinski definition) is 1. The molecule has 0 aliphatic heterocycles. The van der Waals surface area contributed by atoms with E-state index < -0.39 is 6.11 Å². The lowest BCUT2D eigenvalue weighted by molar-refractivity contribution is -0.248. The average molecular weight is 509 g/mol. The molecule has 2 aromatic carbocycles. The lowest BCUT2D eigenvalue weighted by Gasteiger charge is -2.29. The van der Waals surface area contributed by atoms with Gasteiger partial charge in [-0.3, -0.25) is 0 Å². The Morgan fingerprint density at radius 1 is 0.784 bits per heavy atom. The van der Waals surface area contributed by atoms with Crippen molar-refractivity contribution in [1.82, 2.24) is 0 Å². The molecule has 3 heteroatoms. The minimum atomic E-state index is -3.26. The molecule has 0 N–H and O–H groups in total. The van der Waals surface area contributed by atoms with Crippen LogP contribution < -0.4 is 0 Å². The number of ether oxygens (including phenoxy) is 1. The Kier molecular flexibility index (Phi) is 10.4. The molecule has 0 bridgehead atoms. The first-order valence-electron chi connectivity index (χ1n) is 14.8. The third kappa shape index (κ3) is 7.99. The third-order valence-electron chi connectivity index (χ3n) is 9.09. The van der Waals surface area contributed by atoms with Gasteiger partial charge in [-0.2, -0.15) is 8.78 Å². The van der Waals surface area contributed by atoms with Gasteiger partial charge >= 0.3 is 6.11 Å². The molecule has 2 fully saturated rings. The summed E-state index contributed by atoms with van der Waals surface area (Å²) in [6.45, 7) is 4.37. The quantitative estimate of drug-likeness (QED) is 0.274. The molecule has 2 aromatic rings. The van der Waals surface area contributed by atoms with Crippen molar-refractivity contribution in [2.24, 2.45) is 11.8 Å². The van der Waals surface area contributed by atoms with E-state index in [0.29, 0.717) is 18.3 Å². The smallest absolute Gasteiger partial charge is 0.316 e. The maximum absolute atomic E-state index is 14.8. The molecule has 0 unspecified atom stereocenters. The molecule has 0 saturated heterocycles. The Morgan fingerprint density at radius 2 is 1.32 bits per heavy atom. The molecule has 202 valence electrons. The predicted octanol–water partition coefficient (Wildman–Crippen LogP) is 10.3. The Morgan fingerprint density at radius 3 is 1.86 bits per heavy atom. The number of halogens is 2. The van der Waals surface area contributed by atoms with Crippen LogP contribution in [-0.2, 0) is 17.3 Å². The molecule has 0 heterocycles. The van der Waals surface area contributed by atoms with E-state index in [1.807, 2.05) is 12.1 Å². The molecule has 2 aliphatic carbocycles. The molecule has 0 amide bonds. The van der Waals surface area contributed by atoms with E-state index in [2.05, 4.69) is 50.3 Å². The minimum absolute atomic E-state index is 0.00688. The summed E-state index contributed by atoms with van der Waals surface area (Å²) in [5, 5.41) is 0. The van der Waals surface area contributed by atoms with Gasteiger partial charge < -0.3 is 4.74 Å². The lowest BCUT2D eigenvalue weighted by Crippen LogP contribution is -2.20. The average Bonchev–Trinajstić information content (AvgIpc) is 2.94. The zero-order chi connectivity index (χ0) is 26.1. The van der Waals surface area contributed by atoms with E-state index in [1.54, 1.807) is 12.1 Å². The van der Waals surface area contributed by atoms with Crippen molar-refractivity contribution in [3.63, 3.8) is 0 Å². The van der Waals surface area contributed by atoms with Crippen molar-refractivity contribution in [1.29, 1.82) is 0 Å². The van der Waals surface area contributed by atoms with Gasteiger partial charge in [0.1, 0.15) is 0 Å². The van der Waals surface area contributed by atoms with Crippen LogP contribution in [0, 0.1) is 11.8 Å². The molecule has 0 aromatic heterocycles. The van der Waals surface area contributed by atoms with Gasteiger partial charge in [-0.15, -0.1) is 0 Å². The minimum Gasteiger partial charge on any atom is -0.316 e. The first-order valence-corrected chi connectivity index (χ1v) is 14.8. The highest BCUT2D eigenvalue weighted by Gasteiger charge is 2.33. The summed E-state index contributed by atoms with van der Waals surface area (Å²) in [5.41, 5.74) is 3.59. The topological polar surface area (TPSA) is 9.23 Å². The van der Waals surface area contributed by atoms with E-state index in [0.717, 1.165) is 30.2 Å². The highest BCUT2D eigenvalue weighted by atomic mass is 19.3. The second-order valence-electron chi connectivity index (χ2n) is 11.5. The number of hydrogen-bond donors (Lipinski definition) is 0. The molecule has 37 heavy (non-hydrogen) atoms. The molecule has 0 atom stereocenters. The summed E-state index contributed by atoms with van der Waals surface area (Å²) >= 11 is 0. The molecule has 1 nitrogen and oxygen atoms in total. The predicted molar refractivity (Wildman–Crippen MR) is 150 cm³/mol. The monoisotopic (exact) mass is 508 g/mol. The maximum atomic E-state index is 14.8. The van der Waals surface area contributed by atoms with E-state index >= 15 is 0 Å². The van der Waals surface area contributed by atoms with Crippen molar-refractivity contribution < 1.29 is 13.5 Å². The first-order chi connectivity index (χ1) is 18.0. The van der Waals surface area contributed by atoms with Gasteiger partial charge in [-0.1, -0.05) is 74.0 Å². The molecule has 2 aliphatic rings. The fourth-order valence-corrected chi connectivity index (χ4v) is 6.47. The van der Waals surface area contributed by atoms with Gasteiger partial charge in [0.05, 0.1) is 12.2 Å². The van der Waals surface area contributed by atoms with Crippen LogP contribution in [0.4, 0.5) is 8.78 Å². The van der Waals surface area contributed by atoms with Gasteiger partial charge in [0, 0.05) is 0 Å². The first kappa shape index (κ1) is 28.0. The summed E-state index contributed by atoms with van der Waals surface area (Å²) in [6.07, 6.45) is 15.3. The molecule has 0 spiro atoms. The highest BCUT2D eigenvalue weighted by Crippen LogP contribution is 2.39. The van der Waals surface area contributed by atoms with Gasteiger partial charge in [-0.25, -0.2) is 0 Å². The fraction of sp³-hybridized carbons (Fsp3) is 0.588. The van der Waals surface area contributed by atoms with Crippen molar-refractivity contribution in [3.8, 4) is 0 Å². The largest absolute Gasteiger partial charge is 0.383 e. The zero-order valence-corrected chi connectivity index (χ0v) is 22.9. The molecular weight excluding hydrogens is 462 g/mol. The van der Waals surface area contributed by atoms with Gasteiger partial charge in [-0.05, 0) is 118 Å². The van der Waals surface area contributed by atoms with E-state index in [9.17, 15) is 8.78 Å². The van der Waals surface area contributed by atoms with Crippen molar-refractivity contribution in [2.45, 2.75) is 109 Å². The van der Waals surface area contributed by atoms with Crippen LogP contribution in [0.5, 0.6) is 0 Å². The van der Waals surface area contributed by atoms with Crippen molar-refractivity contribution >= 4 is 0 Å². The Bertz CT molecular complexity index is 946. The van der Waals surface area contributed by atoms with Crippen LogP contribution in [0.15, 0.2) is 60.7 Å². The number of allylic oxidation sites excluding steroid dienone is 2. The lowest BCUT2D eigenvalue weighted by atomic mass is 9.77. The van der Waals surface area contributed by atoms with Crippen molar-refractivity contribution in [2.75, 3.05) is 6.61 Å². The van der Waals surface area contributed by atoms with Crippen LogP contribution in [0.25, 0.3) is 0 Å². The van der Waals surface area contributed by atoms with Crippen LogP contribution in [-0.4, -0.2) is 6.61 Å². The van der Waals surface area contributed by atoms with Gasteiger partial charge in [0.2, 0.25) is 0 Å². The second kappa shape index (κ2) is 13.7. The van der Waals surface area contributed by atoms with Crippen LogP contribution in [0.1, 0.15) is 119 Å². The zero-order valence-electron chi connectivity index (χ0n) is 22.9. The van der Waals surface area contributed by atoms with Crippen LogP contribution in [0.2, 0.25) is 0 Å². The van der Waals surface area contributed by atoms with E-state index in [-0.39, 0.29) is 12.2 Å². The second-order valence-corrected chi connectivity index (χ2v) is 11.5. The molecule has 0 radical (unpaired) electrons. The van der Waals surface area contributed by atoms with E-state index in [4.69, 9.17) is 4.74 Å². The van der Waals surface area contributed by atoms with Crippen LogP contribution >= 0.6 is 0 Å². The summed E-state index contributed by atoms with van der Waals surface area (Å²) in [4.78, 5) is 0. The van der Waals surface area contributed by atoms with Crippen LogP contribution in [0.3, 0.4) is 0 Å². The SMILES string of the molecule is C/C=C/CC[C@H]1CC[C@H](c2ccc(C(F)(F)OCCc3ccc([C@H]4CC[C@H](CC)CC4)cc3)cc2)CC1. The number of rotatable bonds is 11. The molecule has 2 saturated carbocycles. The Labute approximate surface area is 223 Å². The van der Waals surface area contributed by atoms with E-state index in [1.165, 1.54) is 68.9 Å². The van der Waals surface area contributed by atoms with Gasteiger partial charge in [0.15, 0.2) is 0 Å². The Hall–Kier alpha value is -2.00. The highest BCUT2D eigenvalue weighted by molar-refractivity contribution is 5.28. The fourth-order valence-electron chi connectivity index (χ4n) is 6.47. The maximum Gasteiger partial charge on any atom is 0.383 e. The summed E-state index contributed by atoms with van der Waals surface area (Å²) < 4.78 is 34.6. The normalized spacial score (nSPS) is 25.0. The molecular formula is C34H46F2O. The standard InChI is InChI=1S/C34H46F2O/c1-3-5-6-7-27-10-16-31(17-11-27)32-20-22-33(23-21-32)34(35,36)37-25-24-28-12-18-30(19-13-28)29-14-8-26(4-2)9-15-29/h3,5,12-13,18-23,26-27,29,31H,4,6-11,14-17,24-25H2,1-2H3/b5-3+/t26-,27-,29-,31-. The summed E-state index contributed by atoms with van der Waals surface area (Å²) in [7, 11) is 0.